The van der Waals surface area contributed by atoms with Gasteiger partial charge in [0.2, 0.25) is 0 Å². The number of ether oxygens (including phenoxy) is 1. The summed E-state index contributed by atoms with van der Waals surface area (Å²) in [5, 5.41) is 3.44. The molecule has 0 saturated heterocycles. The second-order valence-electron chi connectivity index (χ2n) is 3.69. The first-order chi connectivity index (χ1) is 8.43. The van der Waals surface area contributed by atoms with Gasteiger partial charge in [0.15, 0.2) is 0 Å². The lowest BCUT2D eigenvalue weighted by molar-refractivity contribution is 0.143. The SMILES string of the molecule is CCOCCCCNCCSc1ccncc1. The number of unbranched alkanes of at least 4 members (excludes halogenated alkanes) is 1. The lowest BCUT2D eigenvalue weighted by atomic mass is 10.3. The molecule has 4 heteroatoms. The molecular formula is C13H22N2OS. The van der Waals surface area contributed by atoms with E-state index in [4.69, 9.17) is 4.74 Å². The van der Waals surface area contributed by atoms with Crippen LogP contribution in [-0.4, -0.2) is 37.0 Å². The fourth-order valence-corrected chi connectivity index (χ4v) is 2.20. The number of thioether (sulfide) groups is 1. The summed E-state index contributed by atoms with van der Waals surface area (Å²) in [6, 6.07) is 4.10. The smallest absolute Gasteiger partial charge is 0.0466 e. The molecule has 0 aromatic carbocycles. The highest BCUT2D eigenvalue weighted by Crippen LogP contribution is 2.14. The molecule has 17 heavy (non-hydrogen) atoms. The largest absolute Gasteiger partial charge is 0.382 e. The predicted molar refractivity (Wildman–Crippen MR) is 73.6 cm³/mol. The Morgan fingerprint density at radius 1 is 1.24 bits per heavy atom. The van der Waals surface area contributed by atoms with E-state index in [2.05, 4.69) is 10.3 Å². The number of hydrogen-bond donors (Lipinski definition) is 1. The van der Waals surface area contributed by atoms with E-state index in [1.54, 1.807) is 0 Å². The molecule has 0 saturated carbocycles. The molecule has 0 amide bonds. The van der Waals surface area contributed by atoms with Gasteiger partial charge in [-0.1, -0.05) is 0 Å². The van der Waals surface area contributed by atoms with E-state index in [-0.39, 0.29) is 0 Å². The number of pyridine rings is 1. The molecule has 1 aromatic rings. The van der Waals surface area contributed by atoms with Gasteiger partial charge in [-0.3, -0.25) is 4.98 Å². The van der Waals surface area contributed by atoms with Crippen molar-refractivity contribution in [3.8, 4) is 0 Å². The summed E-state index contributed by atoms with van der Waals surface area (Å²) < 4.78 is 5.28. The molecule has 1 rings (SSSR count). The highest BCUT2D eigenvalue weighted by Gasteiger charge is 1.93. The van der Waals surface area contributed by atoms with Crippen molar-refractivity contribution in [2.24, 2.45) is 0 Å². The van der Waals surface area contributed by atoms with Crippen molar-refractivity contribution in [1.82, 2.24) is 10.3 Å². The van der Waals surface area contributed by atoms with Crippen molar-refractivity contribution < 1.29 is 4.74 Å². The second kappa shape index (κ2) is 10.6. The Morgan fingerprint density at radius 2 is 2.06 bits per heavy atom. The molecule has 0 bridgehead atoms. The first kappa shape index (κ1) is 14.5. The van der Waals surface area contributed by atoms with Crippen LogP contribution >= 0.6 is 11.8 Å². The molecule has 1 aromatic heterocycles. The number of hydrogen-bond acceptors (Lipinski definition) is 4. The van der Waals surface area contributed by atoms with Crippen molar-refractivity contribution in [3.05, 3.63) is 24.5 Å². The molecule has 1 heterocycles. The Bertz CT molecular complexity index is 269. The lowest BCUT2D eigenvalue weighted by Gasteiger charge is -2.05. The summed E-state index contributed by atoms with van der Waals surface area (Å²) in [4.78, 5) is 5.29. The Kier molecular flexibility index (Phi) is 9.00. The highest BCUT2D eigenvalue weighted by atomic mass is 32.2. The summed E-state index contributed by atoms with van der Waals surface area (Å²) in [7, 11) is 0. The van der Waals surface area contributed by atoms with Crippen LogP contribution in [0.5, 0.6) is 0 Å². The van der Waals surface area contributed by atoms with Crippen LogP contribution in [0.15, 0.2) is 29.4 Å². The quantitative estimate of drug-likeness (QED) is 0.514. The van der Waals surface area contributed by atoms with Crippen LogP contribution in [0.1, 0.15) is 19.8 Å². The van der Waals surface area contributed by atoms with Gasteiger partial charge in [0.05, 0.1) is 0 Å². The van der Waals surface area contributed by atoms with Gasteiger partial charge in [0, 0.05) is 42.8 Å². The first-order valence-corrected chi connectivity index (χ1v) is 7.23. The first-order valence-electron chi connectivity index (χ1n) is 6.24. The van der Waals surface area contributed by atoms with Crippen LogP contribution in [0.2, 0.25) is 0 Å². The van der Waals surface area contributed by atoms with Gasteiger partial charge in [-0.05, 0) is 38.4 Å². The third kappa shape index (κ3) is 8.18. The minimum atomic E-state index is 0.829. The van der Waals surface area contributed by atoms with Crippen molar-refractivity contribution in [3.63, 3.8) is 0 Å². The summed E-state index contributed by atoms with van der Waals surface area (Å²) in [6.07, 6.45) is 6.02. The molecule has 0 radical (unpaired) electrons. The van der Waals surface area contributed by atoms with Crippen LogP contribution in [0.25, 0.3) is 0 Å². The number of aromatic nitrogens is 1. The molecule has 0 unspecified atom stereocenters. The normalized spacial score (nSPS) is 10.6. The van der Waals surface area contributed by atoms with Crippen LogP contribution < -0.4 is 5.32 Å². The van der Waals surface area contributed by atoms with E-state index in [9.17, 15) is 0 Å². The average molecular weight is 254 g/mol. The minimum absolute atomic E-state index is 0.829. The number of rotatable bonds is 10. The highest BCUT2D eigenvalue weighted by molar-refractivity contribution is 7.99. The lowest BCUT2D eigenvalue weighted by Crippen LogP contribution is -2.18. The molecule has 0 aliphatic carbocycles. The third-order valence-electron chi connectivity index (χ3n) is 2.29. The van der Waals surface area contributed by atoms with Gasteiger partial charge in [-0.25, -0.2) is 0 Å². The van der Waals surface area contributed by atoms with E-state index in [1.807, 2.05) is 43.2 Å². The third-order valence-corrected chi connectivity index (χ3v) is 3.31. The second-order valence-corrected chi connectivity index (χ2v) is 4.85. The van der Waals surface area contributed by atoms with Crippen molar-refractivity contribution in [2.75, 3.05) is 32.1 Å². The Morgan fingerprint density at radius 3 is 2.82 bits per heavy atom. The van der Waals surface area contributed by atoms with E-state index in [0.717, 1.165) is 38.5 Å². The molecule has 1 N–H and O–H groups in total. The summed E-state index contributed by atoms with van der Waals surface area (Å²) in [5.41, 5.74) is 0. The summed E-state index contributed by atoms with van der Waals surface area (Å²) >= 11 is 1.87. The van der Waals surface area contributed by atoms with Crippen LogP contribution in [0, 0.1) is 0 Å². The van der Waals surface area contributed by atoms with Crippen LogP contribution in [-0.2, 0) is 4.74 Å². The van der Waals surface area contributed by atoms with Gasteiger partial charge < -0.3 is 10.1 Å². The van der Waals surface area contributed by atoms with Crippen molar-refractivity contribution >= 4 is 11.8 Å². The topological polar surface area (TPSA) is 34.1 Å². The predicted octanol–water partition coefficient (Wildman–Crippen LogP) is 2.58. The van der Waals surface area contributed by atoms with E-state index in [1.165, 1.54) is 11.3 Å². The standard InChI is InChI=1S/C13H22N2OS/c1-2-16-11-4-3-7-14-10-12-17-13-5-8-15-9-6-13/h5-6,8-9,14H,2-4,7,10-12H2,1H3. The molecule has 0 spiro atoms. The molecule has 0 aliphatic rings. The molecule has 96 valence electrons. The van der Waals surface area contributed by atoms with Crippen LogP contribution in [0.4, 0.5) is 0 Å². The average Bonchev–Trinajstić information content (AvgIpc) is 2.38. The maximum absolute atomic E-state index is 5.28. The van der Waals surface area contributed by atoms with Gasteiger partial charge in [0.25, 0.3) is 0 Å². The molecule has 0 aliphatic heterocycles. The fraction of sp³-hybridized carbons (Fsp3) is 0.615. The fourth-order valence-electron chi connectivity index (χ4n) is 1.40. The van der Waals surface area contributed by atoms with E-state index in [0.29, 0.717) is 0 Å². The Labute approximate surface area is 108 Å². The maximum atomic E-state index is 5.28. The van der Waals surface area contributed by atoms with E-state index >= 15 is 0 Å². The maximum Gasteiger partial charge on any atom is 0.0466 e. The number of nitrogens with one attached hydrogen (secondary N) is 1. The van der Waals surface area contributed by atoms with Gasteiger partial charge in [0.1, 0.15) is 0 Å². The minimum Gasteiger partial charge on any atom is -0.382 e. The summed E-state index contributed by atoms with van der Waals surface area (Å²) in [6.45, 7) is 5.90. The monoisotopic (exact) mass is 254 g/mol. The molecule has 0 atom stereocenters. The zero-order valence-corrected chi connectivity index (χ0v) is 11.3. The van der Waals surface area contributed by atoms with E-state index < -0.39 is 0 Å². The summed E-state index contributed by atoms with van der Waals surface area (Å²) in [5.74, 6) is 1.11. The zero-order valence-electron chi connectivity index (χ0n) is 10.5. The van der Waals surface area contributed by atoms with Crippen LogP contribution in [0.3, 0.4) is 0 Å². The van der Waals surface area contributed by atoms with Gasteiger partial charge in [-0.15, -0.1) is 11.8 Å². The van der Waals surface area contributed by atoms with Gasteiger partial charge in [-0.2, -0.15) is 0 Å². The molecule has 3 nitrogen and oxygen atoms in total. The van der Waals surface area contributed by atoms with Gasteiger partial charge >= 0.3 is 0 Å². The number of nitrogens with zero attached hydrogens (tertiary/aromatic N) is 1. The molecule has 0 fully saturated rings. The zero-order chi connectivity index (χ0) is 12.2. The molecular weight excluding hydrogens is 232 g/mol. The van der Waals surface area contributed by atoms with Crippen molar-refractivity contribution in [1.29, 1.82) is 0 Å². The Hall–Kier alpha value is -0.580. The Balaban J connectivity index is 1.85. The van der Waals surface area contributed by atoms with Crippen molar-refractivity contribution in [2.45, 2.75) is 24.7 Å².